The average molecular weight is 265 g/mol. The molecule has 1 aromatic rings. The zero-order valence-electron chi connectivity index (χ0n) is 11.3. The number of para-hydroxylation sites is 1. The molecule has 0 atom stereocenters. The molecular weight excluding hydrogens is 246 g/mol. The second-order valence-electron chi connectivity index (χ2n) is 4.15. The fourth-order valence-electron chi connectivity index (χ4n) is 1.70. The van der Waals surface area contributed by atoms with E-state index in [9.17, 15) is 9.59 Å². The summed E-state index contributed by atoms with van der Waals surface area (Å²) in [5.41, 5.74) is 0.502. The van der Waals surface area contributed by atoms with Crippen LogP contribution in [0.3, 0.4) is 0 Å². The second-order valence-corrected chi connectivity index (χ2v) is 4.15. The highest BCUT2D eigenvalue weighted by Crippen LogP contribution is 2.19. The van der Waals surface area contributed by atoms with Crippen LogP contribution in [0.5, 0.6) is 5.75 Å². The van der Waals surface area contributed by atoms with E-state index in [1.165, 1.54) is 4.90 Å². The van der Waals surface area contributed by atoms with Crippen LogP contribution in [0, 0.1) is 0 Å². The Balaban J connectivity index is 2.68. The summed E-state index contributed by atoms with van der Waals surface area (Å²) in [4.78, 5) is 24.2. The normalized spacial score (nSPS) is 10.0. The fourth-order valence-corrected chi connectivity index (χ4v) is 1.70. The van der Waals surface area contributed by atoms with Crippen molar-refractivity contribution in [2.75, 3.05) is 20.2 Å². The first-order chi connectivity index (χ1) is 9.06. The number of hydrogen-bond acceptors (Lipinski definition) is 3. The van der Waals surface area contributed by atoms with Crippen LogP contribution in [0.1, 0.15) is 30.1 Å². The van der Waals surface area contributed by atoms with Crippen LogP contribution < -0.4 is 4.74 Å². The van der Waals surface area contributed by atoms with E-state index in [4.69, 9.17) is 9.84 Å². The summed E-state index contributed by atoms with van der Waals surface area (Å²) >= 11 is 0. The van der Waals surface area contributed by atoms with Gasteiger partial charge in [-0.05, 0) is 25.5 Å². The molecule has 1 rings (SSSR count). The van der Waals surface area contributed by atoms with Crippen molar-refractivity contribution in [1.29, 1.82) is 0 Å². The number of nitrogens with zero attached hydrogens (tertiary/aromatic N) is 1. The average Bonchev–Trinajstić information content (AvgIpc) is 2.38. The maximum atomic E-state index is 12.2. The van der Waals surface area contributed by atoms with Gasteiger partial charge in [-0.25, -0.2) is 0 Å². The summed E-state index contributed by atoms with van der Waals surface area (Å²) in [5, 5.41) is 8.57. The van der Waals surface area contributed by atoms with Gasteiger partial charge in [-0.1, -0.05) is 12.1 Å². The molecule has 0 bridgehead atoms. The van der Waals surface area contributed by atoms with Gasteiger partial charge in [0.15, 0.2) is 0 Å². The first-order valence-corrected chi connectivity index (χ1v) is 6.25. The van der Waals surface area contributed by atoms with Crippen molar-refractivity contribution in [3.8, 4) is 5.75 Å². The molecule has 0 aromatic heterocycles. The van der Waals surface area contributed by atoms with Gasteiger partial charge in [-0.3, -0.25) is 9.59 Å². The van der Waals surface area contributed by atoms with Crippen molar-refractivity contribution in [1.82, 2.24) is 4.90 Å². The van der Waals surface area contributed by atoms with Crippen LogP contribution in [-0.4, -0.2) is 42.1 Å². The lowest BCUT2D eigenvalue weighted by atomic mass is 10.1. The summed E-state index contributed by atoms with van der Waals surface area (Å²) in [6.45, 7) is 2.76. The van der Waals surface area contributed by atoms with Gasteiger partial charge in [0, 0.05) is 20.0 Å². The maximum absolute atomic E-state index is 12.2. The van der Waals surface area contributed by atoms with E-state index in [1.54, 1.807) is 25.2 Å². The second kappa shape index (κ2) is 7.41. The summed E-state index contributed by atoms with van der Waals surface area (Å²) in [7, 11) is 1.66. The number of carbonyl (C=O) groups excluding carboxylic acids is 1. The lowest BCUT2D eigenvalue weighted by Gasteiger charge is -2.18. The van der Waals surface area contributed by atoms with Crippen LogP contribution in [-0.2, 0) is 4.79 Å². The third-order valence-corrected chi connectivity index (χ3v) is 2.65. The van der Waals surface area contributed by atoms with E-state index in [0.717, 1.165) is 0 Å². The quantitative estimate of drug-likeness (QED) is 0.819. The molecule has 0 aliphatic carbocycles. The summed E-state index contributed by atoms with van der Waals surface area (Å²) < 4.78 is 5.41. The van der Waals surface area contributed by atoms with E-state index >= 15 is 0 Å². The zero-order chi connectivity index (χ0) is 14.3. The molecule has 0 spiro atoms. The third-order valence-electron chi connectivity index (χ3n) is 2.65. The summed E-state index contributed by atoms with van der Waals surface area (Å²) in [5.74, 6) is -0.454. The highest BCUT2D eigenvalue weighted by molar-refractivity contribution is 5.96. The minimum Gasteiger partial charge on any atom is -0.493 e. The lowest BCUT2D eigenvalue weighted by Crippen LogP contribution is -2.28. The molecule has 0 aliphatic heterocycles. The predicted molar refractivity (Wildman–Crippen MR) is 71.4 cm³/mol. The first kappa shape index (κ1) is 15.0. The Morgan fingerprint density at radius 3 is 2.63 bits per heavy atom. The van der Waals surface area contributed by atoms with Crippen LogP contribution in [0.2, 0.25) is 0 Å². The van der Waals surface area contributed by atoms with Crippen molar-refractivity contribution in [3.05, 3.63) is 29.8 Å². The molecule has 1 aromatic carbocycles. The molecule has 0 heterocycles. The summed E-state index contributed by atoms with van der Waals surface area (Å²) in [6.07, 6.45) is 0.499. The van der Waals surface area contributed by atoms with Crippen LogP contribution >= 0.6 is 0 Å². The van der Waals surface area contributed by atoms with Crippen molar-refractivity contribution in [3.63, 3.8) is 0 Å². The topological polar surface area (TPSA) is 66.8 Å². The van der Waals surface area contributed by atoms with Crippen LogP contribution in [0.25, 0.3) is 0 Å². The Morgan fingerprint density at radius 1 is 1.32 bits per heavy atom. The first-order valence-electron chi connectivity index (χ1n) is 6.25. The SMILES string of the molecule is CCOc1ccccc1C(=O)N(C)CCCC(=O)O. The molecule has 1 N–H and O–H groups in total. The van der Waals surface area contributed by atoms with E-state index in [2.05, 4.69) is 0 Å². The number of benzene rings is 1. The molecule has 1 amide bonds. The Bertz CT molecular complexity index is 445. The molecule has 0 saturated heterocycles. The molecule has 0 fully saturated rings. The van der Waals surface area contributed by atoms with Gasteiger partial charge < -0.3 is 14.7 Å². The minimum absolute atomic E-state index is 0.0602. The van der Waals surface area contributed by atoms with E-state index < -0.39 is 5.97 Å². The van der Waals surface area contributed by atoms with Gasteiger partial charge in [0.25, 0.3) is 5.91 Å². The number of carboxylic acid groups (broad SMARTS) is 1. The van der Waals surface area contributed by atoms with Crippen LogP contribution in [0.4, 0.5) is 0 Å². The van der Waals surface area contributed by atoms with Crippen molar-refractivity contribution < 1.29 is 19.4 Å². The highest BCUT2D eigenvalue weighted by atomic mass is 16.5. The molecule has 0 unspecified atom stereocenters. The number of aliphatic carboxylic acids is 1. The molecule has 0 radical (unpaired) electrons. The number of carboxylic acids is 1. The minimum atomic E-state index is -0.851. The molecular formula is C14H19NO4. The fraction of sp³-hybridized carbons (Fsp3) is 0.429. The van der Waals surface area contributed by atoms with Gasteiger partial charge >= 0.3 is 5.97 Å². The molecule has 0 aliphatic rings. The monoisotopic (exact) mass is 265 g/mol. The molecule has 19 heavy (non-hydrogen) atoms. The molecule has 5 nitrogen and oxygen atoms in total. The van der Waals surface area contributed by atoms with Gasteiger partial charge in [-0.15, -0.1) is 0 Å². The third kappa shape index (κ3) is 4.62. The summed E-state index contributed by atoms with van der Waals surface area (Å²) in [6, 6.07) is 7.05. The van der Waals surface area contributed by atoms with E-state index in [-0.39, 0.29) is 12.3 Å². The van der Waals surface area contributed by atoms with Crippen molar-refractivity contribution in [2.45, 2.75) is 19.8 Å². The maximum Gasteiger partial charge on any atom is 0.303 e. The number of carbonyl (C=O) groups is 2. The molecule has 0 saturated carbocycles. The standard InChI is InChI=1S/C14H19NO4/c1-3-19-12-8-5-4-7-11(12)14(18)15(2)10-6-9-13(16)17/h4-5,7-8H,3,6,9-10H2,1-2H3,(H,16,17). The Hall–Kier alpha value is -2.04. The van der Waals surface area contributed by atoms with Gasteiger partial charge in [0.1, 0.15) is 5.75 Å². The van der Waals surface area contributed by atoms with Crippen molar-refractivity contribution >= 4 is 11.9 Å². The Kier molecular flexibility index (Phi) is 5.85. The van der Waals surface area contributed by atoms with E-state index in [0.29, 0.717) is 30.9 Å². The largest absolute Gasteiger partial charge is 0.493 e. The number of hydrogen-bond donors (Lipinski definition) is 1. The van der Waals surface area contributed by atoms with Gasteiger partial charge in [0.2, 0.25) is 0 Å². The predicted octanol–water partition coefficient (Wildman–Crippen LogP) is 2.02. The number of amides is 1. The Labute approximate surface area is 112 Å². The van der Waals surface area contributed by atoms with Gasteiger partial charge in [0.05, 0.1) is 12.2 Å². The Morgan fingerprint density at radius 2 is 2.00 bits per heavy atom. The number of ether oxygens (including phenoxy) is 1. The zero-order valence-corrected chi connectivity index (χ0v) is 11.3. The van der Waals surface area contributed by atoms with E-state index in [1.807, 2.05) is 13.0 Å². The lowest BCUT2D eigenvalue weighted by molar-refractivity contribution is -0.137. The van der Waals surface area contributed by atoms with Crippen LogP contribution in [0.15, 0.2) is 24.3 Å². The highest BCUT2D eigenvalue weighted by Gasteiger charge is 2.16. The molecule has 5 heteroatoms. The number of rotatable bonds is 7. The van der Waals surface area contributed by atoms with Crippen molar-refractivity contribution in [2.24, 2.45) is 0 Å². The molecule has 104 valence electrons. The smallest absolute Gasteiger partial charge is 0.303 e. The van der Waals surface area contributed by atoms with Gasteiger partial charge in [-0.2, -0.15) is 0 Å².